The molecule has 2 heterocycles. The number of benzene rings is 2. The molecule has 2 unspecified atom stereocenters. The van der Waals surface area contributed by atoms with Crippen molar-refractivity contribution in [3.8, 4) is 10.6 Å². The van der Waals surface area contributed by atoms with E-state index in [1.807, 2.05) is 50.2 Å². The number of rotatable bonds is 6. The Balaban J connectivity index is 1.39. The molecule has 0 bridgehead atoms. The minimum absolute atomic E-state index is 0.0496. The molecule has 3 aromatic rings. The summed E-state index contributed by atoms with van der Waals surface area (Å²) in [5.41, 5.74) is 3.13. The lowest BCUT2D eigenvalue weighted by atomic mass is 10.1. The van der Waals surface area contributed by atoms with Gasteiger partial charge in [0.15, 0.2) is 0 Å². The summed E-state index contributed by atoms with van der Waals surface area (Å²) in [4.78, 5) is 30.6. The second-order valence-electron chi connectivity index (χ2n) is 7.48. The molecule has 32 heavy (non-hydrogen) atoms. The largest absolute Gasteiger partial charge is 0.332 e. The van der Waals surface area contributed by atoms with Crippen LogP contribution in [0.4, 0.5) is 5.69 Å². The number of nitrogens with zero attached hydrogens (tertiary/aromatic N) is 1. The lowest BCUT2D eigenvalue weighted by molar-refractivity contribution is -0.123. The van der Waals surface area contributed by atoms with E-state index in [-0.39, 0.29) is 29.1 Å². The number of hydrogen-bond donors (Lipinski definition) is 3. The molecule has 6 nitrogen and oxygen atoms in total. The number of hydrogen-bond acceptors (Lipinski definition) is 6. The van der Waals surface area contributed by atoms with Crippen LogP contribution in [0, 0.1) is 13.8 Å². The van der Waals surface area contributed by atoms with Gasteiger partial charge in [-0.3, -0.25) is 14.9 Å². The fourth-order valence-electron chi connectivity index (χ4n) is 3.46. The number of nitrogens with one attached hydrogen (secondary N) is 3. The molecule has 3 N–H and O–H groups in total. The smallest absolute Gasteiger partial charge is 0.234 e. The van der Waals surface area contributed by atoms with Crippen molar-refractivity contribution in [1.29, 1.82) is 0 Å². The van der Waals surface area contributed by atoms with Crippen molar-refractivity contribution in [2.75, 3.05) is 11.1 Å². The molecule has 2 amide bonds. The number of aryl methyl sites for hydroxylation is 1. The van der Waals surface area contributed by atoms with Gasteiger partial charge in [0.2, 0.25) is 11.8 Å². The second-order valence-corrected chi connectivity index (χ2v) is 10.0. The van der Waals surface area contributed by atoms with E-state index < -0.39 is 0 Å². The predicted octanol–water partition coefficient (Wildman–Crippen LogP) is 4.89. The van der Waals surface area contributed by atoms with Gasteiger partial charge in [-0.15, -0.1) is 23.1 Å². The summed E-state index contributed by atoms with van der Waals surface area (Å²) < 4.78 is 0. The molecule has 166 valence electrons. The number of amides is 2. The van der Waals surface area contributed by atoms with Gasteiger partial charge in [-0.05, 0) is 31.5 Å². The van der Waals surface area contributed by atoms with Gasteiger partial charge in [0.1, 0.15) is 10.5 Å². The molecule has 1 aliphatic heterocycles. The van der Waals surface area contributed by atoms with Crippen LogP contribution in [0.2, 0.25) is 5.02 Å². The van der Waals surface area contributed by atoms with Crippen molar-refractivity contribution in [1.82, 2.24) is 15.6 Å². The topological polar surface area (TPSA) is 83.1 Å². The zero-order valence-corrected chi connectivity index (χ0v) is 20.0. The maximum Gasteiger partial charge on any atom is 0.234 e. The Morgan fingerprint density at radius 1 is 1.22 bits per heavy atom. The van der Waals surface area contributed by atoms with Crippen molar-refractivity contribution in [3.63, 3.8) is 0 Å². The third kappa shape index (κ3) is 5.32. The third-order valence-corrected chi connectivity index (χ3v) is 7.87. The van der Waals surface area contributed by atoms with Gasteiger partial charge < -0.3 is 10.6 Å². The Morgan fingerprint density at radius 3 is 2.78 bits per heavy atom. The standard InChI is InChI=1S/C23H23ClN4O2S2/c1-13-16(24)9-6-10-17(13)26-20(30)12-31-23-27-18(11-19(29)28-23)21-14(2)25-22(32-21)15-7-4-3-5-8-15/h3-10,18,23,27H,11-12H2,1-2H3,(H,26,30)(H,28,29). The van der Waals surface area contributed by atoms with Crippen LogP contribution < -0.4 is 16.0 Å². The van der Waals surface area contributed by atoms with Gasteiger partial charge in [-0.1, -0.05) is 48.0 Å². The molecular formula is C23H23ClN4O2S2. The Morgan fingerprint density at radius 2 is 2.00 bits per heavy atom. The molecule has 1 fully saturated rings. The Bertz CT molecular complexity index is 1140. The van der Waals surface area contributed by atoms with Gasteiger partial charge in [0, 0.05) is 27.6 Å². The van der Waals surface area contributed by atoms with Crippen LogP contribution in [0.15, 0.2) is 48.5 Å². The maximum atomic E-state index is 12.4. The number of carbonyl (C=O) groups is 2. The first-order valence-electron chi connectivity index (χ1n) is 10.2. The zero-order chi connectivity index (χ0) is 22.7. The van der Waals surface area contributed by atoms with Gasteiger partial charge in [-0.25, -0.2) is 4.98 Å². The highest BCUT2D eigenvalue weighted by molar-refractivity contribution is 8.00. The molecule has 2 aromatic carbocycles. The predicted molar refractivity (Wildman–Crippen MR) is 132 cm³/mol. The molecular weight excluding hydrogens is 464 g/mol. The number of aromatic nitrogens is 1. The quantitative estimate of drug-likeness (QED) is 0.462. The van der Waals surface area contributed by atoms with Gasteiger partial charge in [-0.2, -0.15) is 0 Å². The molecule has 0 aliphatic carbocycles. The van der Waals surface area contributed by atoms with Crippen LogP contribution in [0.3, 0.4) is 0 Å². The zero-order valence-electron chi connectivity index (χ0n) is 17.6. The number of thioether (sulfide) groups is 1. The third-order valence-electron chi connectivity index (χ3n) is 5.13. The molecule has 1 saturated heterocycles. The summed E-state index contributed by atoms with van der Waals surface area (Å²) in [6.07, 6.45) is 0.336. The lowest BCUT2D eigenvalue weighted by Crippen LogP contribution is -2.51. The van der Waals surface area contributed by atoms with Crippen LogP contribution in [0.25, 0.3) is 10.6 Å². The minimum Gasteiger partial charge on any atom is -0.332 e. The van der Waals surface area contributed by atoms with Gasteiger partial charge >= 0.3 is 0 Å². The van der Waals surface area contributed by atoms with E-state index in [0.717, 1.165) is 26.7 Å². The maximum absolute atomic E-state index is 12.4. The molecule has 9 heteroatoms. The summed E-state index contributed by atoms with van der Waals surface area (Å²) in [6, 6.07) is 15.3. The van der Waals surface area contributed by atoms with E-state index in [4.69, 9.17) is 16.6 Å². The van der Waals surface area contributed by atoms with Crippen molar-refractivity contribution in [3.05, 3.63) is 69.7 Å². The number of halogens is 1. The Kier molecular flexibility index (Phi) is 7.15. The van der Waals surface area contributed by atoms with E-state index in [2.05, 4.69) is 16.0 Å². The normalized spacial score (nSPS) is 18.3. The summed E-state index contributed by atoms with van der Waals surface area (Å²) in [6.45, 7) is 3.83. The SMILES string of the molecule is Cc1nc(-c2ccccc2)sc1C1CC(=O)NC(SCC(=O)Nc2cccc(Cl)c2C)N1. The molecule has 1 aliphatic rings. The van der Waals surface area contributed by atoms with Crippen molar-refractivity contribution in [2.24, 2.45) is 0 Å². The average Bonchev–Trinajstić information content (AvgIpc) is 3.17. The number of thiazole rings is 1. The molecule has 0 spiro atoms. The summed E-state index contributed by atoms with van der Waals surface area (Å²) >= 11 is 9.06. The molecule has 4 rings (SSSR count). The van der Waals surface area contributed by atoms with Crippen LogP contribution in [-0.4, -0.2) is 28.0 Å². The van der Waals surface area contributed by atoms with Crippen molar-refractivity contribution >= 4 is 52.2 Å². The van der Waals surface area contributed by atoms with E-state index in [0.29, 0.717) is 17.1 Å². The van der Waals surface area contributed by atoms with Crippen LogP contribution in [-0.2, 0) is 9.59 Å². The fourth-order valence-corrected chi connectivity index (χ4v) is 5.63. The lowest BCUT2D eigenvalue weighted by Gasteiger charge is -2.30. The number of carbonyl (C=O) groups excluding carboxylic acids is 2. The molecule has 2 atom stereocenters. The number of anilines is 1. The van der Waals surface area contributed by atoms with E-state index in [1.165, 1.54) is 11.8 Å². The summed E-state index contributed by atoms with van der Waals surface area (Å²) in [5, 5.41) is 10.8. The van der Waals surface area contributed by atoms with Crippen molar-refractivity contribution < 1.29 is 9.59 Å². The van der Waals surface area contributed by atoms with Crippen molar-refractivity contribution in [2.45, 2.75) is 31.8 Å². The van der Waals surface area contributed by atoms with Crippen LogP contribution in [0.1, 0.15) is 28.6 Å². The Hall–Kier alpha value is -2.39. The minimum atomic E-state index is -0.367. The highest BCUT2D eigenvalue weighted by Crippen LogP contribution is 2.35. The molecule has 0 saturated carbocycles. The summed E-state index contributed by atoms with van der Waals surface area (Å²) in [5.74, 6) is -0.0154. The Labute approximate surface area is 200 Å². The first-order chi connectivity index (χ1) is 15.4. The second kappa shape index (κ2) is 10.0. The van der Waals surface area contributed by atoms with E-state index in [1.54, 1.807) is 23.5 Å². The monoisotopic (exact) mass is 486 g/mol. The molecule has 0 radical (unpaired) electrons. The average molecular weight is 487 g/mol. The highest BCUT2D eigenvalue weighted by Gasteiger charge is 2.30. The molecule has 1 aromatic heterocycles. The van der Waals surface area contributed by atoms with Gasteiger partial charge in [0.25, 0.3) is 0 Å². The van der Waals surface area contributed by atoms with Crippen LogP contribution in [0.5, 0.6) is 0 Å². The van der Waals surface area contributed by atoms with E-state index in [9.17, 15) is 9.59 Å². The first-order valence-corrected chi connectivity index (χ1v) is 12.4. The highest BCUT2D eigenvalue weighted by atomic mass is 35.5. The van der Waals surface area contributed by atoms with Gasteiger partial charge in [0.05, 0.1) is 17.5 Å². The van der Waals surface area contributed by atoms with Crippen LogP contribution >= 0.6 is 34.7 Å². The first kappa shape index (κ1) is 22.8. The summed E-state index contributed by atoms with van der Waals surface area (Å²) in [7, 11) is 0. The fraction of sp³-hybridized carbons (Fsp3) is 0.261. The van der Waals surface area contributed by atoms with E-state index >= 15 is 0 Å².